The summed E-state index contributed by atoms with van der Waals surface area (Å²) in [5, 5.41) is 10.0. The highest BCUT2D eigenvalue weighted by molar-refractivity contribution is 6.33. The molecule has 0 saturated carbocycles. The molecule has 4 nitrogen and oxygen atoms in total. The van der Waals surface area contributed by atoms with E-state index in [1.165, 1.54) is 5.32 Å². The Kier molecular flexibility index (Phi) is 4.35. The Labute approximate surface area is 109 Å². The van der Waals surface area contributed by atoms with Crippen molar-refractivity contribution in [3.05, 3.63) is 28.8 Å². The largest absolute Gasteiger partial charge is 0.478 e. The zero-order valence-electron chi connectivity index (χ0n) is 8.96. The second-order valence-corrected chi connectivity index (χ2v) is 3.78. The number of carboxylic acid groups (broad SMARTS) is 1. The van der Waals surface area contributed by atoms with E-state index in [9.17, 15) is 27.2 Å². The van der Waals surface area contributed by atoms with Gasteiger partial charge in [0.15, 0.2) is 0 Å². The molecule has 1 rings (SSSR count). The van der Waals surface area contributed by atoms with Crippen LogP contribution < -0.4 is 5.32 Å². The summed E-state index contributed by atoms with van der Waals surface area (Å²) in [6.07, 6.45) is -4.17. The van der Waals surface area contributed by atoms with E-state index in [0.717, 1.165) is 18.2 Å². The summed E-state index contributed by atoms with van der Waals surface area (Å²) in [6.45, 7) is 0. The molecule has 0 bridgehead atoms. The predicted molar refractivity (Wildman–Crippen MR) is 58.0 cm³/mol. The van der Waals surface area contributed by atoms with Gasteiger partial charge in [-0.25, -0.2) is 13.6 Å². The van der Waals surface area contributed by atoms with Crippen LogP contribution in [-0.4, -0.2) is 29.3 Å². The number of amides is 1. The van der Waals surface area contributed by atoms with Gasteiger partial charge in [0, 0.05) is 5.69 Å². The zero-order chi connectivity index (χ0) is 14.8. The first-order chi connectivity index (χ1) is 8.66. The first kappa shape index (κ1) is 15.2. The molecule has 104 valence electrons. The van der Waals surface area contributed by atoms with E-state index < -0.39 is 29.8 Å². The number of nitrogens with one attached hydrogen (secondary N) is 1. The summed E-state index contributed by atoms with van der Waals surface area (Å²) < 4.78 is 49.1. The number of anilines is 1. The second kappa shape index (κ2) is 5.43. The topological polar surface area (TPSA) is 66.4 Å². The van der Waals surface area contributed by atoms with E-state index in [-0.39, 0.29) is 10.7 Å². The van der Waals surface area contributed by atoms with Crippen LogP contribution >= 0.6 is 11.6 Å². The van der Waals surface area contributed by atoms with Crippen LogP contribution in [0.4, 0.5) is 23.2 Å². The van der Waals surface area contributed by atoms with Crippen molar-refractivity contribution in [2.24, 2.45) is 0 Å². The first-order valence-corrected chi connectivity index (χ1v) is 5.04. The van der Waals surface area contributed by atoms with E-state index in [0.29, 0.717) is 0 Å². The maximum Gasteiger partial charge on any atom is 0.383 e. The Hall–Kier alpha value is -1.83. The van der Waals surface area contributed by atoms with E-state index in [1.54, 1.807) is 0 Å². The quantitative estimate of drug-likeness (QED) is 0.840. The van der Waals surface area contributed by atoms with Crippen molar-refractivity contribution < 1.29 is 32.3 Å². The number of halogens is 5. The lowest BCUT2D eigenvalue weighted by atomic mass is 10.2. The number of carbonyl (C=O) groups is 2. The van der Waals surface area contributed by atoms with Crippen molar-refractivity contribution in [3.63, 3.8) is 0 Å². The Balaban J connectivity index is 2.98. The van der Waals surface area contributed by atoms with Gasteiger partial charge in [0.05, 0.1) is 10.6 Å². The summed E-state index contributed by atoms with van der Waals surface area (Å²) >= 11 is 5.51. The fraction of sp³-hybridized carbons (Fsp3) is 0.200. The average Bonchev–Trinajstić information content (AvgIpc) is 2.30. The standard InChI is InChI=1S/C10H6ClF4NO3/c11-6-2-1-4(3-5(6)7(17)18)16-9(19)10(14,15)8(12)13/h1-3,8H,(H,16,19)(H,17,18). The molecule has 0 saturated heterocycles. The number of carbonyl (C=O) groups excluding carboxylic acids is 1. The molecule has 1 aromatic carbocycles. The molecule has 0 spiro atoms. The Morgan fingerprint density at radius 3 is 2.37 bits per heavy atom. The Morgan fingerprint density at radius 2 is 1.89 bits per heavy atom. The summed E-state index contributed by atoms with van der Waals surface area (Å²) in [6, 6.07) is 2.82. The minimum Gasteiger partial charge on any atom is -0.478 e. The Bertz CT molecular complexity index is 521. The van der Waals surface area contributed by atoms with Gasteiger partial charge in [-0.2, -0.15) is 8.78 Å². The number of benzene rings is 1. The van der Waals surface area contributed by atoms with Crippen molar-refractivity contribution in [3.8, 4) is 0 Å². The summed E-state index contributed by atoms with van der Waals surface area (Å²) in [5.41, 5.74) is -0.841. The summed E-state index contributed by atoms with van der Waals surface area (Å²) in [4.78, 5) is 21.6. The van der Waals surface area contributed by atoms with Gasteiger partial charge in [-0.05, 0) is 18.2 Å². The monoisotopic (exact) mass is 299 g/mol. The Morgan fingerprint density at radius 1 is 1.32 bits per heavy atom. The lowest BCUT2D eigenvalue weighted by molar-refractivity contribution is -0.163. The van der Waals surface area contributed by atoms with Gasteiger partial charge < -0.3 is 10.4 Å². The predicted octanol–water partition coefficient (Wildman–Crippen LogP) is 2.88. The van der Waals surface area contributed by atoms with Crippen molar-refractivity contribution in [2.75, 3.05) is 5.32 Å². The average molecular weight is 300 g/mol. The van der Waals surface area contributed by atoms with Crippen molar-refractivity contribution >= 4 is 29.2 Å². The second-order valence-electron chi connectivity index (χ2n) is 3.38. The van der Waals surface area contributed by atoms with E-state index in [1.807, 2.05) is 0 Å². The molecular weight excluding hydrogens is 294 g/mol. The summed E-state index contributed by atoms with van der Waals surface area (Å²) in [7, 11) is 0. The van der Waals surface area contributed by atoms with Gasteiger partial charge >= 0.3 is 24.2 Å². The van der Waals surface area contributed by atoms with Gasteiger partial charge in [0.2, 0.25) is 0 Å². The number of aromatic carboxylic acids is 1. The van der Waals surface area contributed by atoms with Gasteiger partial charge in [0.25, 0.3) is 0 Å². The SMILES string of the molecule is O=C(O)c1cc(NC(=O)C(F)(F)C(F)F)ccc1Cl. The van der Waals surface area contributed by atoms with E-state index in [2.05, 4.69) is 0 Å². The third kappa shape index (κ3) is 3.34. The first-order valence-electron chi connectivity index (χ1n) is 4.66. The third-order valence-corrected chi connectivity index (χ3v) is 2.36. The minimum atomic E-state index is -4.87. The van der Waals surface area contributed by atoms with E-state index in [4.69, 9.17) is 16.7 Å². The molecule has 0 aromatic heterocycles. The van der Waals surface area contributed by atoms with Crippen LogP contribution in [0.2, 0.25) is 5.02 Å². The molecule has 0 radical (unpaired) electrons. The van der Waals surface area contributed by atoms with Crippen LogP contribution in [0.1, 0.15) is 10.4 Å². The van der Waals surface area contributed by atoms with Crippen LogP contribution in [0, 0.1) is 0 Å². The zero-order valence-corrected chi connectivity index (χ0v) is 9.72. The molecule has 1 amide bonds. The van der Waals surface area contributed by atoms with Crippen LogP contribution in [0.15, 0.2) is 18.2 Å². The molecule has 0 atom stereocenters. The van der Waals surface area contributed by atoms with Gasteiger partial charge in [-0.15, -0.1) is 0 Å². The van der Waals surface area contributed by atoms with Gasteiger partial charge in [-0.1, -0.05) is 11.6 Å². The fourth-order valence-corrected chi connectivity index (χ4v) is 1.28. The maximum absolute atomic E-state index is 12.7. The normalized spacial score (nSPS) is 11.5. The van der Waals surface area contributed by atoms with Gasteiger partial charge in [-0.3, -0.25) is 4.79 Å². The van der Waals surface area contributed by atoms with Crippen LogP contribution in [0.25, 0.3) is 0 Å². The number of alkyl halides is 4. The molecule has 0 unspecified atom stereocenters. The summed E-state index contributed by atoms with van der Waals surface area (Å²) in [5.74, 6) is -8.56. The van der Waals surface area contributed by atoms with Crippen molar-refractivity contribution in [1.82, 2.24) is 0 Å². The number of hydrogen-bond donors (Lipinski definition) is 2. The maximum atomic E-state index is 12.7. The number of hydrogen-bond acceptors (Lipinski definition) is 2. The molecule has 2 N–H and O–H groups in total. The molecule has 0 aliphatic heterocycles. The molecule has 0 aliphatic carbocycles. The van der Waals surface area contributed by atoms with Crippen LogP contribution in [-0.2, 0) is 4.79 Å². The van der Waals surface area contributed by atoms with Crippen LogP contribution in [0.3, 0.4) is 0 Å². The third-order valence-electron chi connectivity index (χ3n) is 2.03. The lowest BCUT2D eigenvalue weighted by Crippen LogP contribution is -2.41. The van der Waals surface area contributed by atoms with Crippen molar-refractivity contribution in [1.29, 1.82) is 0 Å². The molecule has 1 aromatic rings. The van der Waals surface area contributed by atoms with Gasteiger partial charge in [0.1, 0.15) is 0 Å². The molecule has 9 heteroatoms. The molecule has 19 heavy (non-hydrogen) atoms. The number of carboxylic acids is 1. The highest BCUT2D eigenvalue weighted by Crippen LogP contribution is 2.26. The number of rotatable bonds is 4. The van der Waals surface area contributed by atoms with Crippen molar-refractivity contribution in [2.45, 2.75) is 12.3 Å². The lowest BCUT2D eigenvalue weighted by Gasteiger charge is -2.15. The molecular formula is C10H6ClF4NO3. The molecule has 0 aliphatic rings. The fourth-order valence-electron chi connectivity index (χ4n) is 1.08. The van der Waals surface area contributed by atoms with E-state index >= 15 is 0 Å². The molecule has 0 heterocycles. The smallest absolute Gasteiger partial charge is 0.383 e. The highest BCUT2D eigenvalue weighted by Gasteiger charge is 2.48. The minimum absolute atomic E-state index is 0.189. The van der Waals surface area contributed by atoms with Crippen LogP contribution in [0.5, 0.6) is 0 Å². The highest BCUT2D eigenvalue weighted by atomic mass is 35.5. The molecule has 0 fully saturated rings.